The molecule has 1 aliphatic heterocycles. The minimum absolute atomic E-state index is 0.165. The number of hydrogen-bond acceptors (Lipinski definition) is 3. The molecule has 3 rings (SSSR count). The van der Waals surface area contributed by atoms with Crippen molar-refractivity contribution in [1.82, 2.24) is 10.2 Å². The topological polar surface area (TPSA) is 58.6 Å². The lowest BCUT2D eigenvalue weighted by atomic mass is 9.92. The standard InChI is InChI=1S/C19H19ClN2O3/c1-13-7-9-14(10-8-13)25-12-11-22-17(23)19(2,21-18(22)24)15-5-3-4-6-16(15)20/h3-10H,11-12H2,1-2H3,(H,21,24). The van der Waals surface area contributed by atoms with Gasteiger partial charge in [0.05, 0.1) is 6.54 Å². The van der Waals surface area contributed by atoms with Crippen LogP contribution in [0.4, 0.5) is 4.79 Å². The Hall–Kier alpha value is -2.53. The molecule has 1 N–H and O–H groups in total. The van der Waals surface area contributed by atoms with E-state index in [1.807, 2.05) is 31.2 Å². The fourth-order valence-electron chi connectivity index (χ4n) is 2.84. The van der Waals surface area contributed by atoms with E-state index in [1.54, 1.807) is 31.2 Å². The number of urea groups is 1. The molecule has 1 atom stereocenters. The van der Waals surface area contributed by atoms with Crippen molar-refractivity contribution in [1.29, 1.82) is 0 Å². The van der Waals surface area contributed by atoms with Crippen LogP contribution in [0.2, 0.25) is 5.02 Å². The Bertz CT molecular complexity index is 807. The number of rotatable bonds is 5. The van der Waals surface area contributed by atoms with E-state index in [0.717, 1.165) is 10.5 Å². The van der Waals surface area contributed by atoms with E-state index in [1.165, 1.54) is 0 Å². The van der Waals surface area contributed by atoms with Gasteiger partial charge in [0.2, 0.25) is 0 Å². The zero-order chi connectivity index (χ0) is 18.0. The highest BCUT2D eigenvalue weighted by molar-refractivity contribution is 6.32. The van der Waals surface area contributed by atoms with Crippen LogP contribution in [0.15, 0.2) is 48.5 Å². The van der Waals surface area contributed by atoms with Gasteiger partial charge in [0.1, 0.15) is 17.9 Å². The van der Waals surface area contributed by atoms with Crippen LogP contribution < -0.4 is 10.1 Å². The lowest BCUT2D eigenvalue weighted by Gasteiger charge is -2.23. The molecule has 1 aliphatic rings. The number of halogens is 1. The zero-order valence-corrected chi connectivity index (χ0v) is 14.8. The largest absolute Gasteiger partial charge is 0.492 e. The maximum absolute atomic E-state index is 12.8. The Labute approximate surface area is 151 Å². The van der Waals surface area contributed by atoms with Gasteiger partial charge >= 0.3 is 6.03 Å². The van der Waals surface area contributed by atoms with Gasteiger partial charge in [-0.15, -0.1) is 0 Å². The summed E-state index contributed by atoms with van der Waals surface area (Å²) in [6.45, 7) is 4.04. The van der Waals surface area contributed by atoms with E-state index in [9.17, 15) is 9.59 Å². The van der Waals surface area contributed by atoms with Gasteiger partial charge in [0.25, 0.3) is 5.91 Å². The van der Waals surface area contributed by atoms with Gasteiger partial charge < -0.3 is 10.1 Å². The molecule has 0 aromatic heterocycles. The highest BCUT2D eigenvalue weighted by Gasteiger charge is 2.49. The predicted molar refractivity (Wildman–Crippen MR) is 95.7 cm³/mol. The molecule has 3 amide bonds. The number of nitrogens with one attached hydrogen (secondary N) is 1. The van der Waals surface area contributed by atoms with E-state index < -0.39 is 11.6 Å². The molecule has 0 spiro atoms. The second kappa shape index (κ2) is 6.76. The fourth-order valence-corrected chi connectivity index (χ4v) is 3.16. The molecular weight excluding hydrogens is 340 g/mol. The molecule has 0 radical (unpaired) electrons. The molecule has 5 nitrogen and oxygen atoms in total. The first-order valence-electron chi connectivity index (χ1n) is 8.00. The van der Waals surface area contributed by atoms with Crippen LogP contribution in [0.5, 0.6) is 5.75 Å². The van der Waals surface area contributed by atoms with Gasteiger partial charge in [-0.25, -0.2) is 4.79 Å². The summed E-state index contributed by atoms with van der Waals surface area (Å²) in [6, 6.07) is 14.2. The first-order valence-corrected chi connectivity index (χ1v) is 8.38. The van der Waals surface area contributed by atoms with E-state index in [0.29, 0.717) is 16.3 Å². The first-order chi connectivity index (χ1) is 11.9. The number of imide groups is 1. The van der Waals surface area contributed by atoms with Crippen molar-refractivity contribution in [3.8, 4) is 5.75 Å². The third-order valence-electron chi connectivity index (χ3n) is 4.29. The van der Waals surface area contributed by atoms with Crippen molar-refractivity contribution in [2.24, 2.45) is 0 Å². The Morgan fingerprint density at radius 1 is 1.12 bits per heavy atom. The van der Waals surface area contributed by atoms with Crippen molar-refractivity contribution < 1.29 is 14.3 Å². The van der Waals surface area contributed by atoms with Crippen molar-refractivity contribution in [2.45, 2.75) is 19.4 Å². The summed E-state index contributed by atoms with van der Waals surface area (Å²) in [7, 11) is 0. The first kappa shape index (κ1) is 17.3. The highest BCUT2D eigenvalue weighted by atomic mass is 35.5. The van der Waals surface area contributed by atoms with E-state index >= 15 is 0 Å². The molecule has 0 saturated carbocycles. The molecule has 6 heteroatoms. The number of amides is 3. The van der Waals surface area contributed by atoms with E-state index in [4.69, 9.17) is 16.3 Å². The van der Waals surface area contributed by atoms with Gasteiger partial charge in [0, 0.05) is 10.6 Å². The van der Waals surface area contributed by atoms with Gasteiger partial charge in [-0.1, -0.05) is 47.5 Å². The molecule has 2 aromatic carbocycles. The molecule has 1 unspecified atom stereocenters. The quantitative estimate of drug-likeness (QED) is 0.832. The molecule has 130 valence electrons. The highest BCUT2D eigenvalue weighted by Crippen LogP contribution is 2.33. The lowest BCUT2D eigenvalue weighted by molar-refractivity contribution is -0.131. The van der Waals surface area contributed by atoms with Crippen molar-refractivity contribution in [2.75, 3.05) is 13.2 Å². The normalized spacial score (nSPS) is 19.9. The number of nitrogens with zero attached hydrogens (tertiary/aromatic N) is 1. The van der Waals surface area contributed by atoms with Crippen LogP contribution in [-0.2, 0) is 10.3 Å². The Balaban J connectivity index is 1.69. The molecule has 25 heavy (non-hydrogen) atoms. The molecular formula is C19H19ClN2O3. The van der Waals surface area contributed by atoms with Crippen LogP contribution >= 0.6 is 11.6 Å². The summed E-state index contributed by atoms with van der Waals surface area (Å²) in [5, 5.41) is 3.18. The van der Waals surface area contributed by atoms with Crippen molar-refractivity contribution >= 4 is 23.5 Å². The maximum Gasteiger partial charge on any atom is 0.325 e. The van der Waals surface area contributed by atoms with E-state index in [-0.39, 0.29) is 19.1 Å². The number of ether oxygens (including phenoxy) is 1. The zero-order valence-electron chi connectivity index (χ0n) is 14.1. The summed E-state index contributed by atoms with van der Waals surface area (Å²) >= 11 is 6.21. The molecule has 0 aliphatic carbocycles. The number of carbonyl (C=O) groups is 2. The summed E-state index contributed by atoms with van der Waals surface area (Å²) < 4.78 is 5.62. The van der Waals surface area contributed by atoms with Crippen LogP contribution in [0, 0.1) is 6.92 Å². The van der Waals surface area contributed by atoms with Gasteiger partial charge in [0.15, 0.2) is 0 Å². The summed E-state index contributed by atoms with van der Waals surface area (Å²) in [5.74, 6) is 0.365. The van der Waals surface area contributed by atoms with Crippen molar-refractivity contribution in [3.05, 3.63) is 64.7 Å². The summed E-state index contributed by atoms with van der Waals surface area (Å²) in [5.41, 5.74) is 0.549. The Kier molecular flexibility index (Phi) is 4.68. The Morgan fingerprint density at radius 3 is 2.48 bits per heavy atom. The number of hydrogen-bond donors (Lipinski definition) is 1. The SMILES string of the molecule is Cc1ccc(OCCN2C(=O)NC(C)(c3ccccc3Cl)C2=O)cc1. The monoisotopic (exact) mass is 358 g/mol. The van der Waals surface area contributed by atoms with Crippen LogP contribution in [0.3, 0.4) is 0 Å². The molecule has 1 fully saturated rings. The third-order valence-corrected chi connectivity index (χ3v) is 4.62. The van der Waals surface area contributed by atoms with Gasteiger partial charge in [-0.2, -0.15) is 0 Å². The minimum Gasteiger partial charge on any atom is -0.492 e. The average molecular weight is 359 g/mol. The van der Waals surface area contributed by atoms with Crippen LogP contribution in [0.1, 0.15) is 18.1 Å². The van der Waals surface area contributed by atoms with Crippen molar-refractivity contribution in [3.63, 3.8) is 0 Å². The van der Waals surface area contributed by atoms with Crippen LogP contribution in [-0.4, -0.2) is 30.0 Å². The Morgan fingerprint density at radius 2 is 1.80 bits per heavy atom. The van der Waals surface area contributed by atoms with E-state index in [2.05, 4.69) is 5.32 Å². The summed E-state index contributed by atoms with van der Waals surface area (Å²) in [6.07, 6.45) is 0. The molecule has 1 saturated heterocycles. The second-order valence-corrected chi connectivity index (χ2v) is 6.56. The molecule has 2 aromatic rings. The molecule has 0 bridgehead atoms. The maximum atomic E-state index is 12.8. The average Bonchev–Trinajstić information content (AvgIpc) is 2.81. The smallest absolute Gasteiger partial charge is 0.325 e. The second-order valence-electron chi connectivity index (χ2n) is 6.15. The van der Waals surface area contributed by atoms with Gasteiger partial charge in [-0.05, 0) is 32.0 Å². The molecule has 1 heterocycles. The lowest BCUT2D eigenvalue weighted by Crippen LogP contribution is -2.41. The number of carbonyl (C=O) groups excluding carboxylic acids is 2. The predicted octanol–water partition coefficient (Wildman–Crippen LogP) is 3.49. The summed E-state index contributed by atoms with van der Waals surface area (Å²) in [4.78, 5) is 26.2. The fraction of sp³-hybridized carbons (Fsp3) is 0.263. The number of aryl methyl sites for hydroxylation is 1. The minimum atomic E-state index is -1.17. The van der Waals surface area contributed by atoms with Crippen LogP contribution in [0.25, 0.3) is 0 Å². The third kappa shape index (κ3) is 3.33. The van der Waals surface area contributed by atoms with Gasteiger partial charge in [-0.3, -0.25) is 9.69 Å². The number of benzene rings is 2.